The summed E-state index contributed by atoms with van der Waals surface area (Å²) in [5.74, 6) is -0.632. The number of carbonyl (C=O) groups is 2. The van der Waals surface area contributed by atoms with Crippen LogP contribution in [0.15, 0.2) is 42.7 Å². The monoisotopic (exact) mass is 371 g/mol. The van der Waals surface area contributed by atoms with E-state index in [-0.39, 0.29) is 42.7 Å². The van der Waals surface area contributed by atoms with Gasteiger partial charge in [-0.15, -0.1) is 0 Å². The number of Topliss-reactive ketones (excluding diaryl/α,β-unsaturated/α-hetero) is 1. The minimum Gasteiger partial charge on any atom is -0.460 e. The van der Waals surface area contributed by atoms with Gasteiger partial charge in [0, 0.05) is 24.4 Å². The maximum absolute atomic E-state index is 12.8. The molecular formula is C20H22FN3O3. The lowest BCUT2D eigenvalue weighted by molar-refractivity contribution is -0.122. The first kappa shape index (κ1) is 18.9. The van der Waals surface area contributed by atoms with Gasteiger partial charge in [-0.1, -0.05) is 30.3 Å². The van der Waals surface area contributed by atoms with Crippen molar-refractivity contribution in [2.45, 2.75) is 50.7 Å². The number of nitrogens with zero attached hydrogens (tertiary/aromatic N) is 2. The van der Waals surface area contributed by atoms with Crippen molar-refractivity contribution in [3.8, 4) is 6.01 Å². The van der Waals surface area contributed by atoms with Crippen LogP contribution in [-0.2, 0) is 4.79 Å². The first-order valence-electron chi connectivity index (χ1n) is 9.12. The van der Waals surface area contributed by atoms with Gasteiger partial charge in [0.25, 0.3) is 0 Å². The van der Waals surface area contributed by atoms with Crippen molar-refractivity contribution in [2.75, 3.05) is 0 Å². The molecule has 0 saturated heterocycles. The van der Waals surface area contributed by atoms with E-state index < -0.39 is 5.82 Å². The molecule has 0 aliphatic heterocycles. The zero-order valence-electron chi connectivity index (χ0n) is 14.9. The van der Waals surface area contributed by atoms with Crippen LogP contribution >= 0.6 is 0 Å². The Hall–Kier alpha value is -2.83. The number of ether oxygens (including phenoxy) is 1. The smallest absolute Gasteiger partial charge is 0.316 e. The largest absolute Gasteiger partial charge is 0.460 e. The maximum atomic E-state index is 12.8. The molecule has 2 aromatic rings. The number of hydrogen-bond acceptors (Lipinski definition) is 5. The van der Waals surface area contributed by atoms with Crippen LogP contribution in [0, 0.1) is 5.82 Å². The standard InChI is InChI=1S/C20H22FN3O3/c21-15-12-22-20(23-13-15)27-17-8-6-16(7-9-17)24-19(26)11-10-18(25)14-4-2-1-3-5-14/h1-5,12-13,16-17H,6-11H2,(H,24,26). The molecule has 1 N–H and O–H groups in total. The van der Waals surface area contributed by atoms with Crippen LogP contribution in [0.3, 0.4) is 0 Å². The van der Waals surface area contributed by atoms with E-state index in [2.05, 4.69) is 15.3 Å². The average molecular weight is 371 g/mol. The predicted molar refractivity (Wildman–Crippen MR) is 96.8 cm³/mol. The van der Waals surface area contributed by atoms with E-state index in [0.29, 0.717) is 5.56 Å². The molecule has 0 spiro atoms. The van der Waals surface area contributed by atoms with E-state index in [0.717, 1.165) is 38.1 Å². The van der Waals surface area contributed by atoms with E-state index >= 15 is 0 Å². The Kier molecular flexibility index (Phi) is 6.46. The number of halogens is 1. The highest BCUT2D eigenvalue weighted by Gasteiger charge is 2.24. The molecule has 0 radical (unpaired) electrons. The molecule has 6 nitrogen and oxygen atoms in total. The summed E-state index contributed by atoms with van der Waals surface area (Å²) in [5.41, 5.74) is 0.631. The van der Waals surface area contributed by atoms with Gasteiger partial charge >= 0.3 is 6.01 Å². The van der Waals surface area contributed by atoms with Gasteiger partial charge in [-0.3, -0.25) is 9.59 Å². The number of hydrogen-bond donors (Lipinski definition) is 1. The summed E-state index contributed by atoms with van der Waals surface area (Å²) < 4.78 is 18.5. The summed E-state index contributed by atoms with van der Waals surface area (Å²) in [6, 6.07) is 9.24. The third-order valence-electron chi connectivity index (χ3n) is 4.58. The van der Waals surface area contributed by atoms with Crippen LogP contribution in [0.4, 0.5) is 4.39 Å². The number of amides is 1. The second-order valence-electron chi connectivity index (χ2n) is 6.63. The Morgan fingerprint density at radius 1 is 1.04 bits per heavy atom. The summed E-state index contributed by atoms with van der Waals surface area (Å²) in [6.45, 7) is 0. The second-order valence-corrected chi connectivity index (χ2v) is 6.63. The summed E-state index contributed by atoms with van der Waals surface area (Å²) in [6.07, 6.45) is 5.58. The van der Waals surface area contributed by atoms with Crippen LogP contribution in [0.5, 0.6) is 6.01 Å². The fourth-order valence-electron chi connectivity index (χ4n) is 3.13. The van der Waals surface area contributed by atoms with Crippen LogP contribution in [-0.4, -0.2) is 33.8 Å². The molecule has 142 valence electrons. The van der Waals surface area contributed by atoms with Gasteiger partial charge < -0.3 is 10.1 Å². The molecule has 1 fully saturated rings. The van der Waals surface area contributed by atoms with Gasteiger partial charge in [-0.25, -0.2) is 14.4 Å². The molecule has 1 amide bonds. The van der Waals surface area contributed by atoms with Crippen molar-refractivity contribution in [3.63, 3.8) is 0 Å². The fraction of sp³-hybridized carbons (Fsp3) is 0.400. The van der Waals surface area contributed by atoms with Gasteiger partial charge in [-0.2, -0.15) is 0 Å². The third-order valence-corrected chi connectivity index (χ3v) is 4.58. The maximum Gasteiger partial charge on any atom is 0.316 e. The molecule has 1 heterocycles. The number of benzene rings is 1. The lowest BCUT2D eigenvalue weighted by atomic mass is 9.93. The van der Waals surface area contributed by atoms with Crippen molar-refractivity contribution >= 4 is 11.7 Å². The molecule has 0 bridgehead atoms. The molecule has 1 aliphatic carbocycles. The molecular weight excluding hydrogens is 349 g/mol. The van der Waals surface area contributed by atoms with Crippen LogP contribution in [0.2, 0.25) is 0 Å². The lowest BCUT2D eigenvalue weighted by Gasteiger charge is -2.28. The van der Waals surface area contributed by atoms with Gasteiger partial charge in [0.05, 0.1) is 12.4 Å². The Bertz CT molecular complexity index is 760. The number of aromatic nitrogens is 2. The fourth-order valence-corrected chi connectivity index (χ4v) is 3.13. The quantitative estimate of drug-likeness (QED) is 0.757. The number of ketones is 1. The Morgan fingerprint density at radius 2 is 1.70 bits per heavy atom. The summed E-state index contributed by atoms with van der Waals surface area (Å²) >= 11 is 0. The molecule has 7 heteroatoms. The molecule has 27 heavy (non-hydrogen) atoms. The van der Waals surface area contributed by atoms with Gasteiger partial charge in [0.15, 0.2) is 11.6 Å². The van der Waals surface area contributed by atoms with Crippen LogP contribution < -0.4 is 10.1 Å². The molecule has 0 unspecified atom stereocenters. The highest BCUT2D eigenvalue weighted by Crippen LogP contribution is 2.22. The van der Waals surface area contributed by atoms with Gasteiger partial charge in [-0.05, 0) is 25.7 Å². The number of nitrogens with one attached hydrogen (secondary N) is 1. The third kappa shape index (κ3) is 5.84. The number of carbonyl (C=O) groups excluding carboxylic acids is 2. The Balaban J connectivity index is 1.36. The normalized spacial score (nSPS) is 19.3. The van der Waals surface area contributed by atoms with Crippen LogP contribution in [0.25, 0.3) is 0 Å². The zero-order chi connectivity index (χ0) is 19.1. The lowest BCUT2D eigenvalue weighted by Crippen LogP contribution is -2.39. The second kappa shape index (κ2) is 9.21. The molecule has 3 rings (SSSR count). The minimum absolute atomic E-state index is 0.0258. The molecule has 1 aromatic heterocycles. The summed E-state index contributed by atoms with van der Waals surface area (Å²) in [7, 11) is 0. The van der Waals surface area contributed by atoms with E-state index in [1.54, 1.807) is 12.1 Å². The first-order chi connectivity index (χ1) is 13.1. The van der Waals surface area contributed by atoms with Crippen molar-refractivity contribution < 1.29 is 18.7 Å². The predicted octanol–water partition coefficient (Wildman–Crippen LogP) is 3.09. The van der Waals surface area contributed by atoms with Gasteiger partial charge in [0.1, 0.15) is 6.10 Å². The van der Waals surface area contributed by atoms with Crippen molar-refractivity contribution in [3.05, 3.63) is 54.1 Å². The highest BCUT2D eigenvalue weighted by atomic mass is 19.1. The SMILES string of the molecule is O=C(CCC(=O)c1ccccc1)NC1CCC(Oc2ncc(F)cn2)CC1. The number of rotatable bonds is 7. The van der Waals surface area contributed by atoms with E-state index in [1.165, 1.54) is 0 Å². The summed E-state index contributed by atoms with van der Waals surface area (Å²) in [5, 5.41) is 2.99. The average Bonchev–Trinajstić information content (AvgIpc) is 2.70. The van der Waals surface area contributed by atoms with Crippen molar-refractivity contribution in [1.29, 1.82) is 0 Å². The highest BCUT2D eigenvalue weighted by molar-refractivity contribution is 5.97. The van der Waals surface area contributed by atoms with Crippen molar-refractivity contribution in [1.82, 2.24) is 15.3 Å². The Labute approximate surface area is 157 Å². The van der Waals surface area contributed by atoms with Gasteiger partial charge in [0.2, 0.25) is 5.91 Å². The summed E-state index contributed by atoms with van der Waals surface area (Å²) in [4.78, 5) is 31.7. The molecule has 1 aliphatic rings. The first-order valence-corrected chi connectivity index (χ1v) is 9.12. The van der Waals surface area contributed by atoms with Crippen molar-refractivity contribution in [2.24, 2.45) is 0 Å². The van der Waals surface area contributed by atoms with E-state index in [9.17, 15) is 14.0 Å². The zero-order valence-corrected chi connectivity index (χ0v) is 14.9. The Morgan fingerprint density at radius 3 is 2.37 bits per heavy atom. The van der Waals surface area contributed by atoms with E-state index in [4.69, 9.17) is 4.74 Å². The topological polar surface area (TPSA) is 81.2 Å². The molecule has 1 aromatic carbocycles. The minimum atomic E-state index is -0.500. The molecule has 1 saturated carbocycles. The molecule has 0 atom stereocenters. The van der Waals surface area contributed by atoms with E-state index in [1.807, 2.05) is 18.2 Å². The van der Waals surface area contributed by atoms with Crippen LogP contribution in [0.1, 0.15) is 48.9 Å².